The Bertz CT molecular complexity index is 1620. The highest BCUT2D eigenvalue weighted by atomic mass is 19.4. The normalized spacial score (nSPS) is 16.9. The predicted molar refractivity (Wildman–Crippen MR) is 153 cm³/mol. The van der Waals surface area contributed by atoms with Crippen molar-refractivity contribution >= 4 is 17.4 Å². The van der Waals surface area contributed by atoms with Gasteiger partial charge >= 0.3 is 12.1 Å². The van der Waals surface area contributed by atoms with Crippen molar-refractivity contribution in [3.8, 4) is 11.1 Å². The molecular formula is C33H28F4N2O3. The monoisotopic (exact) mass is 576 g/mol. The summed E-state index contributed by atoms with van der Waals surface area (Å²) in [4.78, 5) is 11.7. The fraction of sp³-hybridized carbons (Fsp3) is 0.212. The Morgan fingerprint density at radius 1 is 0.929 bits per heavy atom. The number of carbonyl (C=O) groups is 1. The molecular weight excluding hydrogens is 548 g/mol. The fourth-order valence-corrected chi connectivity index (χ4v) is 5.42. The molecule has 4 aromatic carbocycles. The number of benzene rings is 4. The first-order chi connectivity index (χ1) is 20.0. The van der Waals surface area contributed by atoms with E-state index in [0.717, 1.165) is 16.7 Å². The Hall–Kier alpha value is -4.50. The minimum absolute atomic E-state index is 0.190. The molecule has 216 valence electrons. The number of carboxylic acid groups (broad SMARTS) is 1. The predicted octanol–water partition coefficient (Wildman–Crippen LogP) is 7.25. The second-order valence-corrected chi connectivity index (χ2v) is 10.3. The SMILES string of the molecule is Cc1cc(-c2cc(CO)ccc2F)ccc1Cc1ccc(N2N=C(C(F)(F)F)C(c3ccccc3)C2CC(=O)O)cc1. The van der Waals surface area contributed by atoms with E-state index in [-0.39, 0.29) is 12.4 Å². The summed E-state index contributed by atoms with van der Waals surface area (Å²) in [5.41, 5.74) is 4.17. The van der Waals surface area contributed by atoms with Crippen LogP contribution in [0.25, 0.3) is 11.1 Å². The zero-order valence-corrected chi connectivity index (χ0v) is 22.6. The molecule has 2 N–H and O–H groups in total. The number of rotatable bonds is 8. The number of aryl methyl sites for hydroxylation is 1. The van der Waals surface area contributed by atoms with Crippen LogP contribution in [0.4, 0.5) is 23.2 Å². The molecule has 5 rings (SSSR count). The third kappa shape index (κ3) is 6.06. The molecule has 0 spiro atoms. The number of halogens is 4. The molecule has 0 aliphatic carbocycles. The van der Waals surface area contributed by atoms with Gasteiger partial charge in [-0.05, 0) is 71.0 Å². The summed E-state index contributed by atoms with van der Waals surface area (Å²) >= 11 is 0. The summed E-state index contributed by atoms with van der Waals surface area (Å²) < 4.78 is 56.8. The number of aliphatic carboxylic acids is 1. The molecule has 0 saturated heterocycles. The number of aliphatic hydroxyl groups is 1. The molecule has 1 aliphatic rings. The Morgan fingerprint density at radius 2 is 1.62 bits per heavy atom. The highest BCUT2D eigenvalue weighted by Gasteiger charge is 2.51. The number of hydrazone groups is 1. The first-order valence-corrected chi connectivity index (χ1v) is 13.3. The minimum Gasteiger partial charge on any atom is -0.481 e. The van der Waals surface area contributed by atoms with E-state index in [4.69, 9.17) is 0 Å². The van der Waals surface area contributed by atoms with Crippen molar-refractivity contribution in [3.05, 3.63) is 125 Å². The fourth-order valence-electron chi connectivity index (χ4n) is 5.42. The lowest BCUT2D eigenvalue weighted by Crippen LogP contribution is -2.37. The van der Waals surface area contributed by atoms with E-state index in [2.05, 4.69) is 5.10 Å². The molecule has 42 heavy (non-hydrogen) atoms. The summed E-state index contributed by atoms with van der Waals surface area (Å²) in [6.45, 7) is 1.73. The van der Waals surface area contributed by atoms with E-state index < -0.39 is 36.2 Å². The molecule has 2 unspecified atom stereocenters. The van der Waals surface area contributed by atoms with Gasteiger partial charge in [0.15, 0.2) is 5.71 Å². The van der Waals surface area contributed by atoms with E-state index in [1.807, 2.05) is 25.1 Å². The van der Waals surface area contributed by atoms with Crippen molar-refractivity contribution in [2.75, 3.05) is 5.01 Å². The Balaban J connectivity index is 1.41. The molecule has 0 fully saturated rings. The van der Waals surface area contributed by atoms with Gasteiger partial charge in [-0.15, -0.1) is 0 Å². The number of alkyl halides is 3. The lowest BCUT2D eigenvalue weighted by Gasteiger charge is -2.27. The van der Waals surface area contributed by atoms with Gasteiger partial charge in [0, 0.05) is 5.56 Å². The van der Waals surface area contributed by atoms with Crippen LogP contribution < -0.4 is 5.01 Å². The third-order valence-corrected chi connectivity index (χ3v) is 7.50. The van der Waals surface area contributed by atoms with Gasteiger partial charge in [-0.25, -0.2) is 4.39 Å². The van der Waals surface area contributed by atoms with Gasteiger partial charge in [-0.2, -0.15) is 18.3 Å². The van der Waals surface area contributed by atoms with E-state index in [1.165, 1.54) is 17.1 Å². The van der Waals surface area contributed by atoms with Crippen LogP contribution in [-0.4, -0.2) is 34.1 Å². The van der Waals surface area contributed by atoms with Gasteiger partial charge in [-0.3, -0.25) is 9.80 Å². The van der Waals surface area contributed by atoms with Crippen LogP contribution in [-0.2, 0) is 17.8 Å². The maximum atomic E-state index is 14.5. The Kier molecular flexibility index (Phi) is 8.13. The summed E-state index contributed by atoms with van der Waals surface area (Å²) in [7, 11) is 0. The zero-order chi connectivity index (χ0) is 30.0. The highest BCUT2D eigenvalue weighted by Crippen LogP contribution is 2.42. The highest BCUT2D eigenvalue weighted by molar-refractivity contribution is 6.00. The largest absolute Gasteiger partial charge is 0.481 e. The lowest BCUT2D eigenvalue weighted by atomic mass is 9.86. The number of hydrogen-bond donors (Lipinski definition) is 2. The van der Waals surface area contributed by atoms with Crippen molar-refractivity contribution in [1.29, 1.82) is 0 Å². The summed E-state index contributed by atoms with van der Waals surface area (Å²) in [5.74, 6) is -2.86. The number of nitrogens with zero attached hydrogens (tertiary/aromatic N) is 2. The number of carboxylic acids is 1. The van der Waals surface area contributed by atoms with E-state index in [0.29, 0.717) is 34.4 Å². The summed E-state index contributed by atoms with van der Waals surface area (Å²) in [6.07, 6.45) is -4.75. The third-order valence-electron chi connectivity index (χ3n) is 7.50. The maximum absolute atomic E-state index is 14.5. The van der Waals surface area contributed by atoms with Crippen LogP contribution in [0.3, 0.4) is 0 Å². The topological polar surface area (TPSA) is 73.1 Å². The van der Waals surface area contributed by atoms with Crippen LogP contribution in [0.2, 0.25) is 0 Å². The summed E-state index contributed by atoms with van der Waals surface area (Å²) in [6, 6.07) is 23.9. The smallest absolute Gasteiger partial charge is 0.431 e. The second-order valence-electron chi connectivity index (χ2n) is 10.3. The van der Waals surface area contributed by atoms with Crippen molar-refractivity contribution in [1.82, 2.24) is 0 Å². The van der Waals surface area contributed by atoms with Gasteiger partial charge in [0.25, 0.3) is 0 Å². The van der Waals surface area contributed by atoms with Gasteiger partial charge < -0.3 is 10.2 Å². The average Bonchev–Trinajstić information content (AvgIpc) is 3.34. The molecule has 2 atom stereocenters. The van der Waals surface area contributed by atoms with Gasteiger partial charge in [0.2, 0.25) is 0 Å². The van der Waals surface area contributed by atoms with Gasteiger partial charge in [0.1, 0.15) is 5.82 Å². The standard InChI is InChI=1S/C33H28F4N2O3/c1-20-15-25(27-17-22(19-40)9-14-28(27)34)11-10-24(20)16-21-7-12-26(13-8-21)39-29(18-30(41)42)31(23-5-3-2-4-6-23)32(38-39)33(35,36)37/h2-15,17,29,31,40H,16,18-19H2,1H3,(H,41,42). The molecule has 1 aliphatic heterocycles. The maximum Gasteiger partial charge on any atom is 0.431 e. The molecule has 0 radical (unpaired) electrons. The summed E-state index contributed by atoms with van der Waals surface area (Å²) in [5, 5.41) is 24.1. The first kappa shape index (κ1) is 29.0. The molecule has 4 aromatic rings. The Morgan fingerprint density at radius 3 is 2.24 bits per heavy atom. The Labute approximate surface area is 240 Å². The van der Waals surface area contributed by atoms with Crippen molar-refractivity contribution in [2.45, 2.75) is 44.5 Å². The van der Waals surface area contributed by atoms with Crippen LogP contribution in [0, 0.1) is 12.7 Å². The van der Waals surface area contributed by atoms with Crippen LogP contribution in [0.15, 0.2) is 96.1 Å². The van der Waals surface area contributed by atoms with Crippen molar-refractivity contribution < 1.29 is 32.6 Å². The number of anilines is 1. The van der Waals surface area contributed by atoms with Crippen LogP contribution in [0.1, 0.15) is 40.2 Å². The van der Waals surface area contributed by atoms with E-state index >= 15 is 0 Å². The molecule has 9 heteroatoms. The van der Waals surface area contributed by atoms with Crippen LogP contribution in [0.5, 0.6) is 0 Å². The number of hydrogen-bond acceptors (Lipinski definition) is 4. The number of aliphatic hydroxyl groups excluding tert-OH is 1. The molecule has 1 heterocycles. The van der Waals surface area contributed by atoms with E-state index in [1.54, 1.807) is 60.7 Å². The van der Waals surface area contributed by atoms with Crippen LogP contribution >= 0.6 is 0 Å². The zero-order valence-electron chi connectivity index (χ0n) is 22.6. The molecule has 0 bridgehead atoms. The van der Waals surface area contributed by atoms with E-state index in [9.17, 15) is 32.6 Å². The second kappa shape index (κ2) is 11.8. The average molecular weight is 577 g/mol. The van der Waals surface area contributed by atoms with Gasteiger partial charge in [0.05, 0.1) is 30.7 Å². The molecule has 5 nitrogen and oxygen atoms in total. The molecule has 0 saturated carbocycles. The minimum atomic E-state index is -4.74. The van der Waals surface area contributed by atoms with Crippen molar-refractivity contribution in [2.24, 2.45) is 5.10 Å². The molecule has 0 aromatic heterocycles. The van der Waals surface area contributed by atoms with Gasteiger partial charge in [-0.1, -0.05) is 66.7 Å². The first-order valence-electron chi connectivity index (χ1n) is 13.3. The molecule has 0 amide bonds. The quantitative estimate of drug-likeness (QED) is 0.217. The lowest BCUT2D eigenvalue weighted by molar-refractivity contribution is -0.137. The van der Waals surface area contributed by atoms with Crippen molar-refractivity contribution in [3.63, 3.8) is 0 Å².